The number of hydrogen-bond donors (Lipinski definition) is 0. The van der Waals surface area contributed by atoms with Gasteiger partial charge >= 0.3 is 0 Å². The van der Waals surface area contributed by atoms with E-state index in [1.165, 1.54) is 5.56 Å². The molecule has 0 saturated carbocycles. The van der Waals surface area contributed by atoms with Crippen LogP contribution in [0.4, 0.5) is 0 Å². The zero-order chi connectivity index (χ0) is 17.4. The number of aryl methyl sites for hydroxylation is 2. The standard InChI is InChI=1S/C20H21ClN2O/c1-5-12(2)15-10-9-13(3)18(11-15)23-14(4)22-20(24)19-16(21)7-6-8-17(19)23/h6-12H,5H2,1-4H3. The topological polar surface area (TPSA) is 34.9 Å². The van der Waals surface area contributed by atoms with Crippen molar-refractivity contribution in [2.45, 2.75) is 40.0 Å². The Morgan fingerprint density at radius 3 is 2.67 bits per heavy atom. The second kappa shape index (κ2) is 6.40. The van der Waals surface area contributed by atoms with Gasteiger partial charge in [0.25, 0.3) is 5.56 Å². The second-order valence-corrected chi connectivity index (χ2v) is 6.70. The molecule has 1 atom stereocenters. The summed E-state index contributed by atoms with van der Waals surface area (Å²) in [6, 6.07) is 12.0. The molecule has 0 spiro atoms. The quantitative estimate of drug-likeness (QED) is 0.659. The Morgan fingerprint density at radius 2 is 1.96 bits per heavy atom. The van der Waals surface area contributed by atoms with Gasteiger partial charge in [-0.3, -0.25) is 9.36 Å². The maximum atomic E-state index is 12.3. The minimum absolute atomic E-state index is 0.278. The molecule has 0 fully saturated rings. The van der Waals surface area contributed by atoms with Crippen LogP contribution < -0.4 is 5.56 Å². The fourth-order valence-electron chi connectivity index (χ4n) is 3.05. The Bertz CT molecular complexity index is 975. The maximum absolute atomic E-state index is 12.3. The zero-order valence-electron chi connectivity index (χ0n) is 14.4. The molecule has 24 heavy (non-hydrogen) atoms. The monoisotopic (exact) mass is 340 g/mol. The van der Waals surface area contributed by atoms with Crippen molar-refractivity contribution in [3.8, 4) is 5.69 Å². The Balaban J connectivity index is 2.39. The van der Waals surface area contributed by atoms with Gasteiger partial charge in [0.05, 0.1) is 21.6 Å². The van der Waals surface area contributed by atoms with Crippen molar-refractivity contribution >= 4 is 22.5 Å². The molecule has 0 aliphatic heterocycles. The van der Waals surface area contributed by atoms with Gasteiger partial charge in [-0.15, -0.1) is 0 Å². The summed E-state index contributed by atoms with van der Waals surface area (Å²) in [5.74, 6) is 1.14. The summed E-state index contributed by atoms with van der Waals surface area (Å²) in [4.78, 5) is 16.5. The first-order valence-corrected chi connectivity index (χ1v) is 8.60. The van der Waals surface area contributed by atoms with Crippen LogP contribution in [0.25, 0.3) is 16.6 Å². The number of halogens is 1. The summed E-state index contributed by atoms with van der Waals surface area (Å²) in [6.07, 6.45) is 1.08. The number of nitrogens with zero attached hydrogens (tertiary/aromatic N) is 2. The van der Waals surface area contributed by atoms with Gasteiger partial charge < -0.3 is 0 Å². The molecule has 1 heterocycles. The Morgan fingerprint density at radius 1 is 1.21 bits per heavy atom. The zero-order valence-corrected chi connectivity index (χ0v) is 15.2. The van der Waals surface area contributed by atoms with E-state index in [0.29, 0.717) is 22.2 Å². The lowest BCUT2D eigenvalue weighted by atomic mass is 9.96. The fraction of sp³-hybridized carbons (Fsp3) is 0.300. The van der Waals surface area contributed by atoms with Crippen molar-refractivity contribution in [2.24, 2.45) is 0 Å². The van der Waals surface area contributed by atoms with Crippen LogP contribution in [-0.4, -0.2) is 9.55 Å². The lowest BCUT2D eigenvalue weighted by molar-refractivity contribution is 0.731. The summed E-state index contributed by atoms with van der Waals surface area (Å²) in [5, 5.41) is 0.910. The van der Waals surface area contributed by atoms with Gasteiger partial charge in [-0.2, -0.15) is 4.98 Å². The second-order valence-electron chi connectivity index (χ2n) is 6.29. The van der Waals surface area contributed by atoms with Crippen molar-refractivity contribution in [1.29, 1.82) is 0 Å². The molecular weight excluding hydrogens is 320 g/mol. The molecular formula is C20H21ClN2O. The normalized spacial score (nSPS) is 12.5. The average molecular weight is 341 g/mol. The molecule has 0 aliphatic rings. The fourth-order valence-corrected chi connectivity index (χ4v) is 3.30. The number of rotatable bonds is 3. The van der Waals surface area contributed by atoms with Crippen LogP contribution in [0.15, 0.2) is 41.2 Å². The van der Waals surface area contributed by atoms with Crippen molar-refractivity contribution in [2.75, 3.05) is 0 Å². The molecule has 1 aromatic heterocycles. The Labute approximate surface area is 146 Å². The third kappa shape index (κ3) is 2.73. The Hall–Kier alpha value is -2.13. The van der Waals surface area contributed by atoms with Crippen LogP contribution >= 0.6 is 11.6 Å². The van der Waals surface area contributed by atoms with Crippen molar-refractivity contribution < 1.29 is 0 Å². The smallest absolute Gasteiger partial charge is 0.282 e. The highest BCUT2D eigenvalue weighted by Gasteiger charge is 2.15. The SMILES string of the molecule is CCC(C)c1ccc(C)c(-n2c(C)nc(=O)c3c(Cl)cccc32)c1. The summed E-state index contributed by atoms with van der Waals surface area (Å²) >= 11 is 6.26. The van der Waals surface area contributed by atoms with Crippen LogP contribution in [0.1, 0.15) is 43.1 Å². The first-order chi connectivity index (χ1) is 11.4. The van der Waals surface area contributed by atoms with E-state index < -0.39 is 0 Å². The predicted molar refractivity (Wildman–Crippen MR) is 101 cm³/mol. The van der Waals surface area contributed by atoms with E-state index in [9.17, 15) is 4.79 Å². The summed E-state index contributed by atoms with van der Waals surface area (Å²) in [6.45, 7) is 8.34. The lowest BCUT2D eigenvalue weighted by Gasteiger charge is -2.19. The highest BCUT2D eigenvalue weighted by Crippen LogP contribution is 2.28. The van der Waals surface area contributed by atoms with E-state index >= 15 is 0 Å². The first kappa shape index (κ1) is 16.7. The van der Waals surface area contributed by atoms with Crippen LogP contribution in [-0.2, 0) is 0 Å². The van der Waals surface area contributed by atoms with E-state index in [1.54, 1.807) is 6.07 Å². The largest absolute Gasteiger partial charge is 0.297 e. The highest BCUT2D eigenvalue weighted by atomic mass is 35.5. The molecule has 0 bridgehead atoms. The number of benzene rings is 2. The van der Waals surface area contributed by atoms with Gasteiger partial charge in [0, 0.05) is 0 Å². The van der Waals surface area contributed by atoms with Crippen molar-refractivity contribution in [3.63, 3.8) is 0 Å². The third-order valence-corrected chi connectivity index (χ3v) is 5.00. The van der Waals surface area contributed by atoms with E-state index in [1.807, 2.05) is 23.6 Å². The first-order valence-electron chi connectivity index (χ1n) is 8.22. The van der Waals surface area contributed by atoms with Crippen molar-refractivity contribution in [3.05, 3.63) is 68.7 Å². The van der Waals surface area contributed by atoms with Gasteiger partial charge in [-0.25, -0.2) is 0 Å². The van der Waals surface area contributed by atoms with Crippen LogP contribution in [0, 0.1) is 13.8 Å². The predicted octanol–water partition coefficient (Wildman–Crippen LogP) is 5.17. The molecule has 3 aromatic rings. The summed E-state index contributed by atoms with van der Waals surface area (Å²) in [5.41, 5.74) is 3.98. The minimum atomic E-state index is -0.278. The van der Waals surface area contributed by atoms with E-state index in [4.69, 9.17) is 11.6 Å². The molecule has 4 heteroatoms. The highest BCUT2D eigenvalue weighted by molar-refractivity contribution is 6.35. The van der Waals surface area contributed by atoms with E-state index in [2.05, 4.69) is 44.0 Å². The van der Waals surface area contributed by atoms with Gasteiger partial charge in [-0.1, -0.05) is 43.6 Å². The molecule has 124 valence electrons. The lowest BCUT2D eigenvalue weighted by Crippen LogP contribution is -2.17. The minimum Gasteiger partial charge on any atom is -0.297 e. The molecule has 0 N–H and O–H groups in total. The summed E-state index contributed by atoms with van der Waals surface area (Å²) in [7, 11) is 0. The van der Waals surface area contributed by atoms with Gasteiger partial charge in [-0.05, 0) is 55.5 Å². The number of hydrogen-bond acceptors (Lipinski definition) is 2. The van der Waals surface area contributed by atoms with Crippen LogP contribution in [0.5, 0.6) is 0 Å². The van der Waals surface area contributed by atoms with Gasteiger partial charge in [0.15, 0.2) is 0 Å². The van der Waals surface area contributed by atoms with Crippen LogP contribution in [0.3, 0.4) is 0 Å². The number of fused-ring (bicyclic) bond motifs is 1. The average Bonchev–Trinajstić information content (AvgIpc) is 2.55. The van der Waals surface area contributed by atoms with E-state index in [0.717, 1.165) is 23.2 Å². The third-order valence-electron chi connectivity index (χ3n) is 4.69. The van der Waals surface area contributed by atoms with Gasteiger partial charge in [0.1, 0.15) is 5.82 Å². The van der Waals surface area contributed by atoms with Gasteiger partial charge in [0.2, 0.25) is 0 Å². The molecule has 3 rings (SSSR count). The molecule has 1 unspecified atom stereocenters. The molecule has 0 aliphatic carbocycles. The van der Waals surface area contributed by atoms with E-state index in [-0.39, 0.29) is 5.56 Å². The molecule has 0 radical (unpaired) electrons. The van der Waals surface area contributed by atoms with Crippen LogP contribution in [0.2, 0.25) is 5.02 Å². The Kier molecular flexibility index (Phi) is 4.46. The maximum Gasteiger partial charge on any atom is 0.282 e. The molecule has 0 saturated heterocycles. The van der Waals surface area contributed by atoms with Crippen molar-refractivity contribution in [1.82, 2.24) is 9.55 Å². The number of aromatic nitrogens is 2. The summed E-state index contributed by atoms with van der Waals surface area (Å²) < 4.78 is 2.03. The molecule has 2 aromatic carbocycles. The molecule has 0 amide bonds. The molecule has 3 nitrogen and oxygen atoms in total.